The molecule has 25 heavy (non-hydrogen) atoms. The summed E-state index contributed by atoms with van der Waals surface area (Å²) < 4.78 is 6.90. The third-order valence-electron chi connectivity index (χ3n) is 3.80. The van der Waals surface area contributed by atoms with E-state index in [2.05, 4.69) is 10.3 Å². The summed E-state index contributed by atoms with van der Waals surface area (Å²) in [7, 11) is 0. The van der Waals surface area contributed by atoms with Gasteiger partial charge in [0, 0.05) is 0 Å². The number of esters is 1. The highest BCUT2D eigenvalue weighted by molar-refractivity contribution is 5.75. The standard InChI is InChI=1S/C19H20N4O2/c1-14-7-9-17(10-8-14)23-12-16(21-22-23)13-25-19(24)18(20)11-15-5-3-2-4-6-15/h2-10,12,18H,11,13,20H2,1H3/t18-/m0/s1. The van der Waals surface area contributed by atoms with Crippen LogP contribution in [0.25, 0.3) is 5.69 Å². The number of hydrogen-bond donors (Lipinski definition) is 1. The molecule has 0 aliphatic rings. The average molecular weight is 336 g/mol. The zero-order valence-corrected chi connectivity index (χ0v) is 14.0. The smallest absolute Gasteiger partial charge is 0.323 e. The van der Waals surface area contributed by atoms with Gasteiger partial charge in [-0.15, -0.1) is 5.10 Å². The summed E-state index contributed by atoms with van der Waals surface area (Å²) in [6.45, 7) is 2.07. The third kappa shape index (κ3) is 4.51. The van der Waals surface area contributed by atoms with Crippen molar-refractivity contribution in [1.82, 2.24) is 15.0 Å². The molecule has 3 rings (SSSR count). The van der Waals surface area contributed by atoms with E-state index >= 15 is 0 Å². The molecule has 2 aromatic carbocycles. The molecule has 0 unspecified atom stereocenters. The Bertz CT molecular complexity index is 828. The monoisotopic (exact) mass is 336 g/mol. The van der Waals surface area contributed by atoms with Crippen LogP contribution in [0.5, 0.6) is 0 Å². The number of aryl methyl sites for hydroxylation is 1. The van der Waals surface area contributed by atoms with E-state index in [0.717, 1.165) is 11.3 Å². The molecule has 128 valence electrons. The summed E-state index contributed by atoms with van der Waals surface area (Å²) in [5.74, 6) is -0.450. The Morgan fingerprint density at radius 2 is 1.88 bits per heavy atom. The van der Waals surface area contributed by atoms with Gasteiger partial charge in [-0.2, -0.15) is 0 Å². The molecule has 0 aliphatic carbocycles. The zero-order chi connectivity index (χ0) is 17.6. The van der Waals surface area contributed by atoms with E-state index in [1.54, 1.807) is 10.9 Å². The Morgan fingerprint density at radius 3 is 2.60 bits per heavy atom. The summed E-state index contributed by atoms with van der Waals surface area (Å²) >= 11 is 0. The van der Waals surface area contributed by atoms with E-state index < -0.39 is 12.0 Å². The lowest BCUT2D eigenvalue weighted by Gasteiger charge is -2.10. The molecule has 6 nitrogen and oxygen atoms in total. The highest BCUT2D eigenvalue weighted by Gasteiger charge is 2.16. The molecule has 0 bridgehead atoms. The molecule has 1 aromatic heterocycles. The van der Waals surface area contributed by atoms with Gasteiger partial charge in [-0.05, 0) is 31.0 Å². The predicted molar refractivity (Wildman–Crippen MR) is 94.0 cm³/mol. The Labute approximate surface area is 146 Å². The minimum Gasteiger partial charge on any atom is -0.458 e. The molecule has 6 heteroatoms. The van der Waals surface area contributed by atoms with Crippen LogP contribution in [0.2, 0.25) is 0 Å². The number of nitrogens with zero attached hydrogens (tertiary/aromatic N) is 3. The van der Waals surface area contributed by atoms with Crippen LogP contribution in [0.1, 0.15) is 16.8 Å². The van der Waals surface area contributed by atoms with E-state index in [0.29, 0.717) is 12.1 Å². The molecule has 3 aromatic rings. The first-order valence-corrected chi connectivity index (χ1v) is 8.06. The van der Waals surface area contributed by atoms with Gasteiger partial charge in [0.05, 0.1) is 11.9 Å². The van der Waals surface area contributed by atoms with Gasteiger partial charge in [-0.25, -0.2) is 4.68 Å². The molecule has 0 saturated heterocycles. The topological polar surface area (TPSA) is 83.0 Å². The van der Waals surface area contributed by atoms with Gasteiger partial charge in [-0.3, -0.25) is 4.79 Å². The van der Waals surface area contributed by atoms with Crippen molar-refractivity contribution in [3.05, 3.63) is 77.6 Å². The molecule has 0 amide bonds. The summed E-state index contributed by atoms with van der Waals surface area (Å²) in [5, 5.41) is 8.08. The second-order valence-electron chi connectivity index (χ2n) is 5.89. The Hall–Kier alpha value is -2.99. The fraction of sp³-hybridized carbons (Fsp3) is 0.211. The molecular formula is C19H20N4O2. The van der Waals surface area contributed by atoms with Crippen LogP contribution in [-0.2, 0) is 22.6 Å². The molecule has 1 atom stereocenters. The molecule has 2 N–H and O–H groups in total. The van der Waals surface area contributed by atoms with Crippen molar-refractivity contribution in [3.8, 4) is 5.69 Å². The first kappa shape index (κ1) is 16.9. The van der Waals surface area contributed by atoms with Crippen molar-refractivity contribution in [2.45, 2.75) is 26.0 Å². The minimum atomic E-state index is -0.699. The Kier molecular flexibility index (Phi) is 5.20. The maximum atomic E-state index is 12.0. The summed E-state index contributed by atoms with van der Waals surface area (Å²) in [4.78, 5) is 12.0. The maximum Gasteiger partial charge on any atom is 0.323 e. The second kappa shape index (κ2) is 7.72. The summed E-state index contributed by atoms with van der Waals surface area (Å²) in [5.41, 5.74) is 9.55. The molecular weight excluding hydrogens is 316 g/mol. The van der Waals surface area contributed by atoms with Crippen molar-refractivity contribution in [2.75, 3.05) is 0 Å². The minimum absolute atomic E-state index is 0.0488. The van der Waals surface area contributed by atoms with Crippen LogP contribution in [0.15, 0.2) is 60.8 Å². The van der Waals surface area contributed by atoms with Crippen molar-refractivity contribution >= 4 is 5.97 Å². The second-order valence-corrected chi connectivity index (χ2v) is 5.89. The van der Waals surface area contributed by atoms with Crippen LogP contribution in [-0.4, -0.2) is 27.0 Å². The van der Waals surface area contributed by atoms with Crippen molar-refractivity contribution in [2.24, 2.45) is 5.73 Å². The number of carbonyl (C=O) groups excluding carboxylic acids is 1. The van der Waals surface area contributed by atoms with Gasteiger partial charge in [0.1, 0.15) is 18.3 Å². The normalized spacial score (nSPS) is 11.9. The van der Waals surface area contributed by atoms with Gasteiger partial charge < -0.3 is 10.5 Å². The highest BCUT2D eigenvalue weighted by atomic mass is 16.5. The first-order valence-electron chi connectivity index (χ1n) is 8.06. The number of nitrogens with two attached hydrogens (primary N) is 1. The zero-order valence-electron chi connectivity index (χ0n) is 14.0. The van der Waals surface area contributed by atoms with Gasteiger partial charge in [0.15, 0.2) is 0 Å². The van der Waals surface area contributed by atoms with E-state index in [-0.39, 0.29) is 6.61 Å². The van der Waals surface area contributed by atoms with Crippen molar-refractivity contribution in [3.63, 3.8) is 0 Å². The van der Waals surface area contributed by atoms with Gasteiger partial charge in [0.2, 0.25) is 0 Å². The fourth-order valence-corrected chi connectivity index (χ4v) is 2.39. The Morgan fingerprint density at radius 1 is 1.16 bits per heavy atom. The van der Waals surface area contributed by atoms with Crippen molar-refractivity contribution < 1.29 is 9.53 Å². The Balaban J connectivity index is 1.54. The molecule has 0 spiro atoms. The lowest BCUT2D eigenvalue weighted by Crippen LogP contribution is -2.34. The fourth-order valence-electron chi connectivity index (χ4n) is 2.39. The molecule has 1 heterocycles. The van der Waals surface area contributed by atoms with Crippen LogP contribution >= 0.6 is 0 Å². The van der Waals surface area contributed by atoms with E-state index in [9.17, 15) is 4.79 Å². The van der Waals surface area contributed by atoms with E-state index in [1.165, 1.54) is 5.56 Å². The number of carbonyl (C=O) groups is 1. The van der Waals surface area contributed by atoms with Crippen molar-refractivity contribution in [1.29, 1.82) is 0 Å². The number of hydrogen-bond acceptors (Lipinski definition) is 5. The number of ether oxygens (including phenoxy) is 1. The first-order chi connectivity index (χ1) is 12.1. The van der Waals surface area contributed by atoms with Gasteiger partial charge in [-0.1, -0.05) is 53.2 Å². The van der Waals surface area contributed by atoms with Crippen LogP contribution in [0.4, 0.5) is 0 Å². The molecule has 0 radical (unpaired) electrons. The highest BCUT2D eigenvalue weighted by Crippen LogP contribution is 2.09. The molecule has 0 aliphatic heterocycles. The summed E-state index contributed by atoms with van der Waals surface area (Å²) in [6, 6.07) is 16.8. The van der Waals surface area contributed by atoms with Gasteiger partial charge >= 0.3 is 5.97 Å². The van der Waals surface area contributed by atoms with Crippen LogP contribution in [0.3, 0.4) is 0 Å². The quantitative estimate of drug-likeness (QED) is 0.698. The number of benzene rings is 2. The average Bonchev–Trinajstić information content (AvgIpc) is 3.10. The number of rotatable bonds is 6. The predicted octanol–water partition coefficient (Wildman–Crippen LogP) is 2.19. The molecule has 0 saturated carbocycles. The van der Waals surface area contributed by atoms with Gasteiger partial charge in [0.25, 0.3) is 0 Å². The third-order valence-corrected chi connectivity index (χ3v) is 3.80. The summed E-state index contributed by atoms with van der Waals surface area (Å²) in [6.07, 6.45) is 2.18. The van der Waals surface area contributed by atoms with E-state index in [4.69, 9.17) is 10.5 Å². The number of aromatic nitrogens is 3. The largest absolute Gasteiger partial charge is 0.458 e. The van der Waals surface area contributed by atoms with E-state index in [1.807, 2.05) is 61.5 Å². The van der Waals surface area contributed by atoms with Crippen LogP contribution < -0.4 is 5.73 Å². The van der Waals surface area contributed by atoms with Crippen LogP contribution in [0, 0.1) is 6.92 Å². The molecule has 0 fully saturated rings. The lowest BCUT2D eigenvalue weighted by molar-refractivity contribution is -0.146. The SMILES string of the molecule is Cc1ccc(-n2cc(COC(=O)[C@@H](N)Cc3ccccc3)nn2)cc1. The lowest BCUT2D eigenvalue weighted by atomic mass is 10.1. The maximum absolute atomic E-state index is 12.0.